The molecule has 108 valence electrons. The lowest BCUT2D eigenvalue weighted by molar-refractivity contribution is -0.133. The molecule has 0 aromatic carbocycles. The Labute approximate surface area is 123 Å². The molecule has 0 radical (unpaired) electrons. The van der Waals surface area contributed by atoms with Crippen LogP contribution in [0, 0.1) is 6.92 Å². The highest BCUT2D eigenvalue weighted by Gasteiger charge is 2.08. The number of aromatic nitrogens is 2. The Morgan fingerprint density at radius 1 is 1.37 bits per heavy atom. The second-order valence-electron chi connectivity index (χ2n) is 4.45. The van der Waals surface area contributed by atoms with Crippen molar-refractivity contribution in [2.45, 2.75) is 44.3 Å². The maximum Gasteiger partial charge on any atom is 0.313 e. The van der Waals surface area contributed by atoms with E-state index in [9.17, 15) is 4.79 Å². The Bertz CT molecular complexity index is 394. The highest BCUT2D eigenvalue weighted by atomic mass is 32.2. The van der Waals surface area contributed by atoms with E-state index in [0.29, 0.717) is 0 Å². The van der Waals surface area contributed by atoms with Crippen LogP contribution < -0.4 is 0 Å². The minimum Gasteiger partial charge on any atom is -0.481 e. The largest absolute Gasteiger partial charge is 0.481 e. The molecule has 0 aliphatic carbocycles. The van der Waals surface area contributed by atoms with E-state index < -0.39 is 5.97 Å². The van der Waals surface area contributed by atoms with Crippen LogP contribution >= 0.6 is 23.5 Å². The molecule has 0 aliphatic heterocycles. The van der Waals surface area contributed by atoms with Gasteiger partial charge in [-0.25, -0.2) is 4.98 Å². The molecule has 0 amide bonds. The van der Waals surface area contributed by atoms with Gasteiger partial charge in [-0.3, -0.25) is 4.79 Å². The molecule has 0 saturated carbocycles. The number of nitrogens with zero attached hydrogens (tertiary/aromatic N) is 2. The number of unbranched alkanes of at least 4 members (excludes halogenated alkanes) is 3. The van der Waals surface area contributed by atoms with Gasteiger partial charge >= 0.3 is 5.97 Å². The second kappa shape index (κ2) is 9.31. The number of aryl methyl sites for hydroxylation is 2. The average molecular weight is 302 g/mol. The van der Waals surface area contributed by atoms with Gasteiger partial charge in [-0.2, -0.15) is 11.8 Å². The first-order valence-electron chi connectivity index (χ1n) is 6.50. The highest BCUT2D eigenvalue weighted by Crippen LogP contribution is 2.18. The van der Waals surface area contributed by atoms with Crippen molar-refractivity contribution in [2.75, 3.05) is 17.8 Å². The molecule has 0 saturated heterocycles. The van der Waals surface area contributed by atoms with Gasteiger partial charge in [-0.05, 0) is 31.8 Å². The number of hydrogen-bond donors (Lipinski definition) is 1. The molecule has 1 aromatic rings. The number of carboxylic acids is 1. The van der Waals surface area contributed by atoms with Gasteiger partial charge in [0.15, 0.2) is 5.16 Å². The molecule has 19 heavy (non-hydrogen) atoms. The number of hydrogen-bond acceptors (Lipinski definition) is 4. The van der Waals surface area contributed by atoms with Crippen molar-refractivity contribution in [3.63, 3.8) is 0 Å². The zero-order valence-corrected chi connectivity index (χ0v) is 13.2. The van der Waals surface area contributed by atoms with Crippen LogP contribution in [0.2, 0.25) is 0 Å². The summed E-state index contributed by atoms with van der Waals surface area (Å²) in [7, 11) is 0. The van der Waals surface area contributed by atoms with Crippen LogP contribution in [0.3, 0.4) is 0 Å². The van der Waals surface area contributed by atoms with Crippen LogP contribution in [0.1, 0.15) is 31.4 Å². The fourth-order valence-corrected chi connectivity index (χ4v) is 3.07. The van der Waals surface area contributed by atoms with Crippen LogP contribution in [-0.4, -0.2) is 38.4 Å². The zero-order chi connectivity index (χ0) is 14.1. The maximum atomic E-state index is 10.6. The molecule has 0 spiro atoms. The normalized spacial score (nSPS) is 10.8. The Kier molecular flexibility index (Phi) is 8.05. The van der Waals surface area contributed by atoms with E-state index >= 15 is 0 Å². The Morgan fingerprint density at radius 2 is 2.11 bits per heavy atom. The Balaban J connectivity index is 2.33. The third-order valence-electron chi connectivity index (χ3n) is 2.68. The summed E-state index contributed by atoms with van der Waals surface area (Å²) >= 11 is 3.19. The van der Waals surface area contributed by atoms with Gasteiger partial charge in [0.1, 0.15) is 0 Å². The summed E-state index contributed by atoms with van der Waals surface area (Å²) in [5.41, 5.74) is 0.954. The summed E-state index contributed by atoms with van der Waals surface area (Å²) in [5.74, 6) is 0.517. The predicted octanol–water partition coefficient (Wildman–Crippen LogP) is 3.29. The van der Waals surface area contributed by atoms with E-state index in [0.717, 1.165) is 23.8 Å². The Hall–Kier alpha value is -0.620. The van der Waals surface area contributed by atoms with E-state index in [1.807, 2.05) is 24.9 Å². The molecule has 0 atom stereocenters. The van der Waals surface area contributed by atoms with E-state index in [1.165, 1.54) is 36.8 Å². The van der Waals surface area contributed by atoms with E-state index in [2.05, 4.69) is 15.8 Å². The van der Waals surface area contributed by atoms with Crippen LogP contribution in [-0.2, 0) is 11.3 Å². The third-order valence-corrected chi connectivity index (χ3v) is 4.35. The standard InChI is InChI=1S/C13H22N2O2S2/c1-11-9-15(7-5-3-4-6-8-18-2)13(14-11)19-10-12(16)17/h9H,3-8,10H2,1-2H3,(H,16,17). The summed E-state index contributed by atoms with van der Waals surface area (Å²) in [5, 5.41) is 9.53. The van der Waals surface area contributed by atoms with Crippen molar-refractivity contribution in [3.8, 4) is 0 Å². The number of aliphatic carboxylic acids is 1. The van der Waals surface area contributed by atoms with Crippen LogP contribution in [0.25, 0.3) is 0 Å². The first-order chi connectivity index (χ1) is 9.13. The lowest BCUT2D eigenvalue weighted by Gasteiger charge is -2.06. The molecule has 1 N–H and O–H groups in total. The van der Waals surface area contributed by atoms with Crippen molar-refractivity contribution in [3.05, 3.63) is 11.9 Å². The van der Waals surface area contributed by atoms with Crippen LogP contribution in [0.15, 0.2) is 11.4 Å². The Morgan fingerprint density at radius 3 is 2.79 bits per heavy atom. The van der Waals surface area contributed by atoms with Gasteiger partial charge in [0.25, 0.3) is 0 Å². The summed E-state index contributed by atoms with van der Waals surface area (Å²) in [6, 6.07) is 0. The van der Waals surface area contributed by atoms with Crippen LogP contribution in [0.5, 0.6) is 0 Å². The van der Waals surface area contributed by atoms with Crippen molar-refractivity contribution in [1.29, 1.82) is 0 Å². The number of carboxylic acid groups (broad SMARTS) is 1. The summed E-state index contributed by atoms with van der Waals surface area (Å²) in [4.78, 5) is 15.0. The summed E-state index contributed by atoms with van der Waals surface area (Å²) in [6.07, 6.45) is 9.05. The lowest BCUT2D eigenvalue weighted by atomic mass is 10.2. The molecule has 1 rings (SSSR count). The summed E-state index contributed by atoms with van der Waals surface area (Å²) in [6.45, 7) is 2.88. The molecule has 0 fully saturated rings. The van der Waals surface area contributed by atoms with Crippen LogP contribution in [0.4, 0.5) is 0 Å². The molecule has 4 nitrogen and oxygen atoms in total. The fraction of sp³-hybridized carbons (Fsp3) is 0.692. The number of imidazole rings is 1. The average Bonchev–Trinajstić information content (AvgIpc) is 2.71. The smallest absolute Gasteiger partial charge is 0.313 e. The van der Waals surface area contributed by atoms with Crippen molar-refractivity contribution < 1.29 is 9.90 Å². The van der Waals surface area contributed by atoms with E-state index in [-0.39, 0.29) is 5.75 Å². The number of rotatable bonds is 10. The van der Waals surface area contributed by atoms with Crippen molar-refractivity contribution in [1.82, 2.24) is 9.55 Å². The molecule has 1 heterocycles. The second-order valence-corrected chi connectivity index (χ2v) is 6.38. The molecule has 0 aliphatic rings. The number of thioether (sulfide) groups is 2. The fourth-order valence-electron chi connectivity index (χ4n) is 1.81. The first-order valence-corrected chi connectivity index (χ1v) is 8.88. The van der Waals surface area contributed by atoms with Crippen molar-refractivity contribution in [2.24, 2.45) is 0 Å². The minimum absolute atomic E-state index is 0.0736. The number of carbonyl (C=O) groups is 1. The van der Waals surface area contributed by atoms with Crippen molar-refractivity contribution >= 4 is 29.5 Å². The molecule has 0 unspecified atom stereocenters. The third kappa shape index (κ3) is 6.92. The van der Waals surface area contributed by atoms with E-state index in [1.54, 1.807) is 0 Å². The van der Waals surface area contributed by atoms with Gasteiger partial charge in [0, 0.05) is 12.7 Å². The van der Waals surface area contributed by atoms with Gasteiger partial charge in [0.2, 0.25) is 0 Å². The first kappa shape index (κ1) is 16.4. The maximum absolute atomic E-state index is 10.6. The predicted molar refractivity (Wildman–Crippen MR) is 82.2 cm³/mol. The highest BCUT2D eigenvalue weighted by molar-refractivity contribution is 7.99. The zero-order valence-electron chi connectivity index (χ0n) is 11.6. The molecular formula is C13H22N2O2S2. The monoisotopic (exact) mass is 302 g/mol. The van der Waals surface area contributed by atoms with Gasteiger partial charge < -0.3 is 9.67 Å². The van der Waals surface area contributed by atoms with E-state index in [4.69, 9.17) is 5.11 Å². The molecule has 1 aromatic heterocycles. The van der Waals surface area contributed by atoms with Gasteiger partial charge in [0.05, 0.1) is 11.4 Å². The SMILES string of the molecule is CSCCCCCCn1cc(C)nc1SCC(=O)O. The van der Waals surface area contributed by atoms with Gasteiger partial charge in [-0.1, -0.05) is 24.6 Å². The molecule has 0 bridgehead atoms. The minimum atomic E-state index is -0.797. The van der Waals surface area contributed by atoms with Gasteiger partial charge in [-0.15, -0.1) is 0 Å². The lowest BCUT2D eigenvalue weighted by Crippen LogP contribution is -2.03. The molecule has 6 heteroatoms. The summed E-state index contributed by atoms with van der Waals surface area (Å²) < 4.78 is 2.08. The quantitative estimate of drug-likeness (QED) is 0.531. The topological polar surface area (TPSA) is 55.1 Å². The molecular weight excluding hydrogens is 280 g/mol.